The van der Waals surface area contributed by atoms with Crippen LogP contribution in [0.3, 0.4) is 0 Å². The molecule has 3 atom stereocenters. The molecule has 2 fully saturated rings. The third-order valence-electron chi connectivity index (χ3n) is 4.75. The van der Waals surface area contributed by atoms with Crippen molar-refractivity contribution in [1.82, 2.24) is 15.0 Å². The highest BCUT2D eigenvalue weighted by Crippen LogP contribution is 2.28. The lowest BCUT2D eigenvalue weighted by atomic mass is 9.95. The highest BCUT2D eigenvalue weighted by atomic mass is 16.1. The predicted molar refractivity (Wildman–Crippen MR) is 78.0 cm³/mol. The average Bonchev–Trinajstić information content (AvgIpc) is 3.15. The van der Waals surface area contributed by atoms with E-state index < -0.39 is 0 Å². The van der Waals surface area contributed by atoms with E-state index in [4.69, 9.17) is 0 Å². The van der Waals surface area contributed by atoms with E-state index in [1.54, 1.807) is 0 Å². The first-order valence-corrected chi connectivity index (χ1v) is 7.35. The number of aromatic nitrogens is 1. The summed E-state index contributed by atoms with van der Waals surface area (Å²) in [4.78, 5) is 12.4. The zero-order valence-corrected chi connectivity index (χ0v) is 11.6. The van der Waals surface area contributed by atoms with Crippen LogP contribution >= 0.6 is 0 Å². The smallest absolute Gasteiger partial charge is 0.251 e. The van der Waals surface area contributed by atoms with Gasteiger partial charge in [-0.2, -0.15) is 0 Å². The Labute approximate surface area is 118 Å². The SMILES string of the molecule is Cc1ccn2ccc(C(=O)NC3CC4CCC3N4)cc12. The summed E-state index contributed by atoms with van der Waals surface area (Å²) in [6, 6.07) is 7.32. The molecule has 3 unspecified atom stereocenters. The fourth-order valence-corrected chi connectivity index (χ4v) is 3.61. The van der Waals surface area contributed by atoms with Gasteiger partial charge >= 0.3 is 0 Å². The molecule has 2 saturated heterocycles. The Kier molecular flexibility index (Phi) is 2.60. The summed E-state index contributed by atoms with van der Waals surface area (Å²) < 4.78 is 2.05. The predicted octanol–water partition coefficient (Wildman–Crippen LogP) is 1.87. The topological polar surface area (TPSA) is 45.5 Å². The molecule has 1 amide bonds. The molecule has 2 aliphatic heterocycles. The van der Waals surface area contributed by atoms with Gasteiger partial charge in [0.1, 0.15) is 0 Å². The molecule has 0 aliphatic carbocycles. The molecule has 0 spiro atoms. The molecule has 2 N–H and O–H groups in total. The Balaban J connectivity index is 1.56. The number of fused-ring (bicyclic) bond motifs is 3. The minimum absolute atomic E-state index is 0.0486. The second kappa shape index (κ2) is 4.35. The molecule has 0 radical (unpaired) electrons. The number of pyridine rings is 1. The Hall–Kier alpha value is -1.81. The normalized spacial score (nSPS) is 28.1. The Morgan fingerprint density at radius 2 is 2.20 bits per heavy atom. The average molecular weight is 269 g/mol. The molecule has 20 heavy (non-hydrogen) atoms. The van der Waals surface area contributed by atoms with Crippen molar-refractivity contribution < 1.29 is 4.79 Å². The van der Waals surface area contributed by atoms with Crippen LogP contribution < -0.4 is 10.6 Å². The van der Waals surface area contributed by atoms with Crippen LogP contribution in [0.2, 0.25) is 0 Å². The molecule has 4 heteroatoms. The maximum Gasteiger partial charge on any atom is 0.251 e. The van der Waals surface area contributed by atoms with Gasteiger partial charge in [0, 0.05) is 41.6 Å². The molecule has 4 heterocycles. The van der Waals surface area contributed by atoms with E-state index in [0.29, 0.717) is 18.1 Å². The number of rotatable bonds is 2. The van der Waals surface area contributed by atoms with Crippen LogP contribution in [0.4, 0.5) is 0 Å². The van der Waals surface area contributed by atoms with Gasteiger partial charge in [-0.15, -0.1) is 0 Å². The van der Waals surface area contributed by atoms with E-state index >= 15 is 0 Å². The van der Waals surface area contributed by atoms with Gasteiger partial charge in [-0.3, -0.25) is 4.79 Å². The molecule has 4 rings (SSSR count). The van der Waals surface area contributed by atoms with Crippen LogP contribution in [0.25, 0.3) is 5.52 Å². The van der Waals surface area contributed by atoms with Gasteiger partial charge < -0.3 is 15.0 Å². The van der Waals surface area contributed by atoms with Crippen molar-refractivity contribution in [3.8, 4) is 0 Å². The molecule has 2 aromatic heterocycles. The second-order valence-corrected chi connectivity index (χ2v) is 6.07. The lowest BCUT2D eigenvalue weighted by molar-refractivity contribution is 0.0931. The number of hydrogen-bond donors (Lipinski definition) is 2. The number of aryl methyl sites for hydroxylation is 1. The van der Waals surface area contributed by atoms with E-state index in [1.165, 1.54) is 18.4 Å². The summed E-state index contributed by atoms with van der Waals surface area (Å²) in [6.45, 7) is 2.07. The van der Waals surface area contributed by atoms with Gasteiger partial charge in [-0.05, 0) is 49.9 Å². The van der Waals surface area contributed by atoms with Crippen molar-refractivity contribution in [2.45, 2.75) is 44.3 Å². The van der Waals surface area contributed by atoms with Crippen LogP contribution in [0.5, 0.6) is 0 Å². The van der Waals surface area contributed by atoms with Crippen LogP contribution in [0.15, 0.2) is 30.6 Å². The van der Waals surface area contributed by atoms with Gasteiger partial charge in [0.15, 0.2) is 0 Å². The second-order valence-electron chi connectivity index (χ2n) is 6.07. The first-order valence-electron chi connectivity index (χ1n) is 7.35. The van der Waals surface area contributed by atoms with E-state index in [-0.39, 0.29) is 5.91 Å². The highest BCUT2D eigenvalue weighted by Gasteiger charge is 2.39. The Morgan fingerprint density at radius 3 is 2.95 bits per heavy atom. The first kappa shape index (κ1) is 12.0. The minimum Gasteiger partial charge on any atom is -0.348 e. The molecular formula is C16H19N3O. The van der Waals surface area contributed by atoms with Crippen molar-refractivity contribution in [2.24, 2.45) is 0 Å². The minimum atomic E-state index is 0.0486. The van der Waals surface area contributed by atoms with Gasteiger partial charge in [0.25, 0.3) is 5.91 Å². The molecule has 2 aliphatic rings. The maximum atomic E-state index is 12.4. The van der Waals surface area contributed by atoms with Crippen molar-refractivity contribution in [1.29, 1.82) is 0 Å². The fourth-order valence-electron chi connectivity index (χ4n) is 3.61. The van der Waals surface area contributed by atoms with Gasteiger partial charge in [0.05, 0.1) is 0 Å². The highest BCUT2D eigenvalue weighted by molar-refractivity contribution is 5.95. The number of amides is 1. The zero-order valence-electron chi connectivity index (χ0n) is 11.6. The summed E-state index contributed by atoms with van der Waals surface area (Å²) in [7, 11) is 0. The summed E-state index contributed by atoms with van der Waals surface area (Å²) in [5, 5.41) is 6.74. The zero-order chi connectivity index (χ0) is 13.7. The van der Waals surface area contributed by atoms with Crippen LogP contribution in [-0.4, -0.2) is 28.4 Å². The lowest BCUT2D eigenvalue weighted by Crippen LogP contribution is -2.42. The molecule has 0 saturated carbocycles. The monoisotopic (exact) mass is 269 g/mol. The van der Waals surface area contributed by atoms with E-state index in [2.05, 4.69) is 23.6 Å². The number of carbonyl (C=O) groups excluding carboxylic acids is 1. The molecule has 2 aromatic rings. The van der Waals surface area contributed by atoms with Gasteiger partial charge in [-0.1, -0.05) is 0 Å². The van der Waals surface area contributed by atoms with Crippen LogP contribution in [-0.2, 0) is 0 Å². The first-order chi connectivity index (χ1) is 9.70. The number of nitrogens with one attached hydrogen (secondary N) is 2. The van der Waals surface area contributed by atoms with Crippen molar-refractivity contribution >= 4 is 11.4 Å². The molecule has 4 nitrogen and oxygen atoms in total. The third-order valence-corrected chi connectivity index (χ3v) is 4.75. The Morgan fingerprint density at radius 1 is 1.35 bits per heavy atom. The van der Waals surface area contributed by atoms with E-state index in [0.717, 1.165) is 17.5 Å². The largest absolute Gasteiger partial charge is 0.348 e. The fraction of sp³-hybridized carbons (Fsp3) is 0.438. The molecular weight excluding hydrogens is 250 g/mol. The van der Waals surface area contributed by atoms with Crippen LogP contribution in [0, 0.1) is 6.92 Å². The maximum absolute atomic E-state index is 12.4. The van der Waals surface area contributed by atoms with Crippen molar-refractivity contribution in [2.75, 3.05) is 0 Å². The summed E-state index contributed by atoms with van der Waals surface area (Å²) in [5.41, 5.74) is 3.05. The summed E-state index contributed by atoms with van der Waals surface area (Å²) >= 11 is 0. The summed E-state index contributed by atoms with van der Waals surface area (Å²) in [6.07, 6.45) is 7.49. The standard InChI is InChI=1S/C16H19N3O/c1-10-4-6-19-7-5-11(8-15(10)19)16(20)18-14-9-12-2-3-13(14)17-12/h4-8,12-14,17H,2-3,9H2,1H3,(H,18,20). The van der Waals surface area contributed by atoms with Gasteiger partial charge in [0.2, 0.25) is 0 Å². The van der Waals surface area contributed by atoms with E-state index in [1.807, 2.05) is 28.9 Å². The number of carbonyl (C=O) groups is 1. The molecule has 2 bridgehead atoms. The number of nitrogens with zero attached hydrogens (tertiary/aromatic N) is 1. The van der Waals surface area contributed by atoms with Gasteiger partial charge in [-0.25, -0.2) is 0 Å². The van der Waals surface area contributed by atoms with Crippen LogP contribution in [0.1, 0.15) is 35.2 Å². The van der Waals surface area contributed by atoms with Crippen molar-refractivity contribution in [3.05, 3.63) is 41.7 Å². The van der Waals surface area contributed by atoms with Crippen molar-refractivity contribution in [3.63, 3.8) is 0 Å². The lowest BCUT2D eigenvalue weighted by Gasteiger charge is -2.21. The molecule has 0 aromatic carbocycles. The third kappa shape index (κ3) is 1.83. The summed E-state index contributed by atoms with van der Waals surface area (Å²) in [5.74, 6) is 0.0486. The Bertz CT molecular complexity index is 675. The molecule has 104 valence electrons. The number of hydrogen-bond acceptors (Lipinski definition) is 2. The quantitative estimate of drug-likeness (QED) is 0.874. The van der Waals surface area contributed by atoms with E-state index in [9.17, 15) is 4.79 Å².